The first-order valence-electron chi connectivity index (χ1n) is 9.12. The van der Waals surface area contributed by atoms with E-state index in [0.29, 0.717) is 30.7 Å². The summed E-state index contributed by atoms with van der Waals surface area (Å²) in [6.45, 7) is 8.87. The lowest BCUT2D eigenvalue weighted by Gasteiger charge is -2.15. The van der Waals surface area contributed by atoms with E-state index in [-0.39, 0.29) is 17.5 Å². The standard InChI is InChI=1S/C20H29N3O2/c1-14(2)10-11-16(4)22-18(24)9-6-12-23-13-21-19-15(3)7-5-8-17(19)20(23)25/h5,7-8,13-14,16H,6,9-12H2,1-4H3,(H,22,24). The van der Waals surface area contributed by atoms with Gasteiger partial charge in [-0.2, -0.15) is 0 Å². The molecule has 1 aromatic heterocycles. The van der Waals surface area contributed by atoms with Gasteiger partial charge in [0.2, 0.25) is 5.91 Å². The summed E-state index contributed by atoms with van der Waals surface area (Å²) in [5.74, 6) is 0.698. The molecule has 0 aliphatic carbocycles. The second kappa shape index (κ2) is 8.79. The summed E-state index contributed by atoms with van der Waals surface area (Å²) < 4.78 is 1.59. The maximum atomic E-state index is 12.5. The van der Waals surface area contributed by atoms with E-state index in [1.165, 1.54) is 0 Å². The molecule has 0 spiro atoms. The molecule has 25 heavy (non-hydrogen) atoms. The number of aryl methyl sites for hydroxylation is 2. The third-order valence-electron chi connectivity index (χ3n) is 4.44. The summed E-state index contributed by atoms with van der Waals surface area (Å²) in [5, 5.41) is 3.66. The number of para-hydroxylation sites is 1. The molecule has 2 aromatic rings. The van der Waals surface area contributed by atoms with Gasteiger partial charge < -0.3 is 5.32 Å². The van der Waals surface area contributed by atoms with Gasteiger partial charge in [0.25, 0.3) is 5.56 Å². The lowest BCUT2D eigenvalue weighted by atomic mass is 10.0. The van der Waals surface area contributed by atoms with Crippen molar-refractivity contribution in [2.75, 3.05) is 0 Å². The van der Waals surface area contributed by atoms with Crippen LogP contribution < -0.4 is 10.9 Å². The zero-order valence-electron chi connectivity index (χ0n) is 15.7. The van der Waals surface area contributed by atoms with Crippen molar-refractivity contribution in [3.8, 4) is 0 Å². The first kappa shape index (κ1) is 19.2. The number of hydrogen-bond donors (Lipinski definition) is 1. The van der Waals surface area contributed by atoms with Gasteiger partial charge in [-0.25, -0.2) is 4.98 Å². The van der Waals surface area contributed by atoms with E-state index in [1.54, 1.807) is 17.0 Å². The highest BCUT2D eigenvalue weighted by Gasteiger charge is 2.09. The Hall–Kier alpha value is -2.17. The normalized spacial score (nSPS) is 12.5. The average molecular weight is 343 g/mol. The van der Waals surface area contributed by atoms with Crippen LogP contribution in [0.2, 0.25) is 0 Å². The lowest BCUT2D eigenvalue weighted by Crippen LogP contribution is -2.33. The van der Waals surface area contributed by atoms with E-state index >= 15 is 0 Å². The minimum absolute atomic E-state index is 0.0422. The number of aromatic nitrogens is 2. The van der Waals surface area contributed by atoms with Gasteiger partial charge in [0.15, 0.2) is 0 Å². The van der Waals surface area contributed by atoms with Crippen molar-refractivity contribution in [1.82, 2.24) is 14.9 Å². The van der Waals surface area contributed by atoms with Crippen molar-refractivity contribution >= 4 is 16.8 Å². The molecule has 0 saturated heterocycles. The molecular formula is C20H29N3O2. The Morgan fingerprint density at radius 1 is 1.24 bits per heavy atom. The van der Waals surface area contributed by atoms with Crippen LogP contribution in [0.3, 0.4) is 0 Å². The van der Waals surface area contributed by atoms with Gasteiger partial charge in [-0.05, 0) is 50.7 Å². The van der Waals surface area contributed by atoms with Gasteiger partial charge in [0.1, 0.15) is 0 Å². The van der Waals surface area contributed by atoms with Crippen molar-refractivity contribution in [3.63, 3.8) is 0 Å². The van der Waals surface area contributed by atoms with Crippen molar-refractivity contribution in [2.24, 2.45) is 5.92 Å². The molecule has 0 aliphatic rings. The Bertz CT molecular complexity index is 780. The van der Waals surface area contributed by atoms with Gasteiger partial charge >= 0.3 is 0 Å². The van der Waals surface area contributed by atoms with Gasteiger partial charge in [-0.15, -0.1) is 0 Å². The predicted octanol–water partition coefficient (Wildman–Crippen LogP) is 3.43. The van der Waals surface area contributed by atoms with Crippen LogP contribution in [0.25, 0.3) is 10.9 Å². The van der Waals surface area contributed by atoms with Gasteiger partial charge in [-0.1, -0.05) is 26.0 Å². The Kier molecular flexibility index (Phi) is 6.73. The Morgan fingerprint density at radius 2 is 2.00 bits per heavy atom. The number of fused-ring (bicyclic) bond motifs is 1. The number of nitrogens with zero attached hydrogens (tertiary/aromatic N) is 2. The highest BCUT2D eigenvalue weighted by atomic mass is 16.1. The number of carbonyl (C=O) groups excluding carboxylic acids is 1. The third-order valence-corrected chi connectivity index (χ3v) is 4.44. The van der Waals surface area contributed by atoms with E-state index in [1.807, 2.05) is 26.0 Å². The minimum atomic E-state index is -0.0422. The van der Waals surface area contributed by atoms with E-state index in [4.69, 9.17) is 0 Å². The zero-order valence-corrected chi connectivity index (χ0v) is 15.7. The number of carbonyl (C=O) groups is 1. The van der Waals surface area contributed by atoms with Gasteiger partial charge in [0, 0.05) is 19.0 Å². The fraction of sp³-hybridized carbons (Fsp3) is 0.550. The highest BCUT2D eigenvalue weighted by molar-refractivity contribution is 5.80. The highest BCUT2D eigenvalue weighted by Crippen LogP contribution is 2.11. The molecule has 5 heteroatoms. The molecule has 1 heterocycles. The van der Waals surface area contributed by atoms with Crippen molar-refractivity contribution in [2.45, 2.75) is 66.0 Å². The van der Waals surface area contributed by atoms with Crippen molar-refractivity contribution < 1.29 is 4.79 Å². The Balaban J connectivity index is 1.88. The van der Waals surface area contributed by atoms with E-state index in [0.717, 1.165) is 23.9 Å². The molecular weight excluding hydrogens is 314 g/mol. The lowest BCUT2D eigenvalue weighted by molar-refractivity contribution is -0.121. The van der Waals surface area contributed by atoms with E-state index < -0.39 is 0 Å². The molecule has 0 fully saturated rings. The fourth-order valence-corrected chi connectivity index (χ4v) is 2.91. The third kappa shape index (κ3) is 5.41. The number of amides is 1. The molecule has 1 aromatic carbocycles. The SMILES string of the molecule is Cc1cccc2c(=O)n(CCCC(=O)NC(C)CCC(C)C)cnc12. The number of nitrogens with one attached hydrogen (secondary N) is 1. The molecule has 1 atom stereocenters. The molecule has 0 saturated carbocycles. The summed E-state index contributed by atoms with van der Waals surface area (Å²) in [5.41, 5.74) is 1.70. The van der Waals surface area contributed by atoms with Crippen LogP contribution >= 0.6 is 0 Å². The van der Waals surface area contributed by atoms with Crippen LogP contribution in [-0.4, -0.2) is 21.5 Å². The molecule has 136 valence electrons. The van der Waals surface area contributed by atoms with Crippen molar-refractivity contribution in [3.05, 3.63) is 40.4 Å². The van der Waals surface area contributed by atoms with Crippen LogP contribution in [0.1, 0.15) is 52.0 Å². The molecule has 0 radical (unpaired) electrons. The number of hydrogen-bond acceptors (Lipinski definition) is 3. The van der Waals surface area contributed by atoms with E-state index in [2.05, 4.69) is 24.1 Å². The number of rotatable bonds is 8. The maximum absolute atomic E-state index is 12.5. The summed E-state index contributed by atoms with van der Waals surface area (Å²) >= 11 is 0. The largest absolute Gasteiger partial charge is 0.354 e. The van der Waals surface area contributed by atoms with Crippen LogP contribution in [0.5, 0.6) is 0 Å². The molecule has 5 nitrogen and oxygen atoms in total. The first-order valence-corrected chi connectivity index (χ1v) is 9.12. The monoisotopic (exact) mass is 343 g/mol. The quantitative estimate of drug-likeness (QED) is 0.799. The predicted molar refractivity (Wildman–Crippen MR) is 102 cm³/mol. The topological polar surface area (TPSA) is 64.0 Å². The molecule has 1 N–H and O–H groups in total. The van der Waals surface area contributed by atoms with Crippen LogP contribution in [0, 0.1) is 12.8 Å². The van der Waals surface area contributed by atoms with Crippen molar-refractivity contribution in [1.29, 1.82) is 0 Å². The maximum Gasteiger partial charge on any atom is 0.261 e. The summed E-state index contributed by atoms with van der Waals surface area (Å²) in [6.07, 6.45) is 4.74. The molecule has 2 rings (SSSR count). The fourth-order valence-electron chi connectivity index (χ4n) is 2.91. The summed E-state index contributed by atoms with van der Waals surface area (Å²) in [7, 11) is 0. The Morgan fingerprint density at radius 3 is 2.72 bits per heavy atom. The second-order valence-electron chi connectivity index (χ2n) is 7.26. The smallest absolute Gasteiger partial charge is 0.261 e. The van der Waals surface area contributed by atoms with Crippen LogP contribution in [-0.2, 0) is 11.3 Å². The summed E-state index contributed by atoms with van der Waals surface area (Å²) in [4.78, 5) is 28.9. The average Bonchev–Trinajstić information content (AvgIpc) is 2.55. The van der Waals surface area contributed by atoms with Gasteiger partial charge in [0.05, 0.1) is 17.2 Å². The molecule has 1 amide bonds. The first-order chi connectivity index (χ1) is 11.9. The van der Waals surface area contributed by atoms with Crippen LogP contribution in [0.15, 0.2) is 29.3 Å². The minimum Gasteiger partial charge on any atom is -0.354 e. The Labute approximate surface area is 149 Å². The zero-order chi connectivity index (χ0) is 18.4. The van der Waals surface area contributed by atoms with E-state index in [9.17, 15) is 9.59 Å². The number of benzene rings is 1. The molecule has 0 bridgehead atoms. The van der Waals surface area contributed by atoms with Gasteiger partial charge in [-0.3, -0.25) is 14.2 Å². The summed E-state index contributed by atoms with van der Waals surface area (Å²) in [6, 6.07) is 5.82. The molecule has 0 aliphatic heterocycles. The molecule has 1 unspecified atom stereocenters. The van der Waals surface area contributed by atoms with Crippen LogP contribution in [0.4, 0.5) is 0 Å². The second-order valence-corrected chi connectivity index (χ2v) is 7.26.